The highest BCUT2D eigenvalue weighted by molar-refractivity contribution is 5.76. The smallest absolute Gasteiger partial charge is 0.244 e. The van der Waals surface area contributed by atoms with Crippen LogP contribution < -0.4 is 0 Å². The average molecular weight is 253 g/mol. The predicted molar refractivity (Wildman–Crippen MR) is 65.1 cm³/mol. The van der Waals surface area contributed by atoms with Gasteiger partial charge in [-0.25, -0.2) is 0 Å². The molecule has 1 amide bonds. The molecule has 2 heterocycles. The second-order valence-electron chi connectivity index (χ2n) is 4.60. The SMILES string of the molecule is Cc1cc(C)n(CC(=O)N2CCOC(CO)C2)n1. The quantitative estimate of drug-likeness (QED) is 0.804. The van der Waals surface area contributed by atoms with Crippen LogP contribution in [0.25, 0.3) is 0 Å². The molecule has 1 aromatic rings. The van der Waals surface area contributed by atoms with Crippen LogP contribution in [0.4, 0.5) is 0 Å². The molecule has 0 aromatic carbocycles. The largest absolute Gasteiger partial charge is 0.394 e. The van der Waals surface area contributed by atoms with Crippen molar-refractivity contribution in [2.75, 3.05) is 26.3 Å². The minimum absolute atomic E-state index is 0.0166. The molecular formula is C12H19N3O3. The Bertz CT molecular complexity index is 430. The molecule has 0 bridgehead atoms. The molecule has 2 rings (SSSR count). The Labute approximate surface area is 106 Å². The number of nitrogens with zero attached hydrogens (tertiary/aromatic N) is 3. The van der Waals surface area contributed by atoms with Gasteiger partial charge >= 0.3 is 0 Å². The zero-order valence-corrected chi connectivity index (χ0v) is 10.8. The van der Waals surface area contributed by atoms with E-state index < -0.39 is 0 Å². The van der Waals surface area contributed by atoms with Crippen molar-refractivity contribution in [3.8, 4) is 0 Å². The summed E-state index contributed by atoms with van der Waals surface area (Å²) in [6.07, 6.45) is -0.261. The highest BCUT2D eigenvalue weighted by atomic mass is 16.5. The Morgan fingerprint density at radius 2 is 2.39 bits per heavy atom. The van der Waals surface area contributed by atoms with Crippen LogP contribution >= 0.6 is 0 Å². The van der Waals surface area contributed by atoms with Gasteiger partial charge in [0.1, 0.15) is 6.54 Å². The van der Waals surface area contributed by atoms with Gasteiger partial charge in [0.15, 0.2) is 0 Å². The number of amides is 1. The lowest BCUT2D eigenvalue weighted by Gasteiger charge is -2.32. The standard InChI is InChI=1S/C12H19N3O3/c1-9-5-10(2)15(13-9)7-12(17)14-3-4-18-11(6-14)8-16/h5,11,16H,3-4,6-8H2,1-2H3. The molecule has 1 aliphatic heterocycles. The second kappa shape index (κ2) is 5.49. The fourth-order valence-corrected chi connectivity index (χ4v) is 2.12. The van der Waals surface area contributed by atoms with E-state index in [0.717, 1.165) is 11.4 Å². The number of aryl methyl sites for hydroxylation is 2. The summed E-state index contributed by atoms with van der Waals surface area (Å²) < 4.78 is 7.03. The number of carbonyl (C=O) groups is 1. The fraction of sp³-hybridized carbons (Fsp3) is 0.667. The Kier molecular flexibility index (Phi) is 3.98. The van der Waals surface area contributed by atoms with Crippen LogP contribution in [-0.4, -0.2) is 58.1 Å². The van der Waals surface area contributed by atoms with Crippen molar-refractivity contribution in [2.24, 2.45) is 0 Å². The minimum atomic E-state index is -0.261. The number of aliphatic hydroxyl groups excluding tert-OH is 1. The molecule has 18 heavy (non-hydrogen) atoms. The third-order valence-electron chi connectivity index (χ3n) is 3.08. The van der Waals surface area contributed by atoms with Gasteiger partial charge in [-0.15, -0.1) is 0 Å². The predicted octanol–water partition coefficient (Wildman–Crippen LogP) is -0.280. The van der Waals surface area contributed by atoms with Gasteiger partial charge in [0.2, 0.25) is 5.91 Å². The lowest BCUT2D eigenvalue weighted by molar-refractivity contribution is -0.141. The first kappa shape index (κ1) is 13.0. The summed E-state index contributed by atoms with van der Waals surface area (Å²) in [4.78, 5) is 13.8. The van der Waals surface area contributed by atoms with Crippen molar-refractivity contribution >= 4 is 5.91 Å². The highest BCUT2D eigenvalue weighted by Gasteiger charge is 2.24. The molecule has 1 atom stereocenters. The first-order valence-corrected chi connectivity index (χ1v) is 6.11. The Morgan fingerprint density at radius 3 is 3.00 bits per heavy atom. The molecule has 6 nitrogen and oxygen atoms in total. The van der Waals surface area contributed by atoms with E-state index in [2.05, 4.69) is 5.10 Å². The molecule has 1 N–H and O–H groups in total. The Hall–Kier alpha value is -1.40. The monoisotopic (exact) mass is 253 g/mol. The highest BCUT2D eigenvalue weighted by Crippen LogP contribution is 2.07. The number of rotatable bonds is 3. The molecule has 100 valence electrons. The number of aromatic nitrogens is 2. The lowest BCUT2D eigenvalue weighted by Crippen LogP contribution is -2.48. The van der Waals surface area contributed by atoms with E-state index in [9.17, 15) is 4.79 Å². The van der Waals surface area contributed by atoms with Crippen LogP contribution in [0.1, 0.15) is 11.4 Å². The zero-order chi connectivity index (χ0) is 13.1. The number of carbonyl (C=O) groups excluding carboxylic acids is 1. The summed E-state index contributed by atoms with van der Waals surface area (Å²) in [5, 5.41) is 13.3. The third kappa shape index (κ3) is 2.88. The summed E-state index contributed by atoms with van der Waals surface area (Å²) >= 11 is 0. The number of aliphatic hydroxyl groups is 1. The molecule has 1 fully saturated rings. The average Bonchev–Trinajstić information content (AvgIpc) is 2.68. The van der Waals surface area contributed by atoms with Crippen LogP contribution in [0.15, 0.2) is 6.07 Å². The van der Waals surface area contributed by atoms with Crippen molar-refractivity contribution < 1.29 is 14.6 Å². The van der Waals surface area contributed by atoms with Gasteiger partial charge in [0.25, 0.3) is 0 Å². The Balaban J connectivity index is 1.97. The molecule has 0 spiro atoms. The number of hydrogen-bond acceptors (Lipinski definition) is 4. The van der Waals surface area contributed by atoms with E-state index in [1.807, 2.05) is 19.9 Å². The molecule has 6 heteroatoms. The maximum atomic E-state index is 12.1. The first-order chi connectivity index (χ1) is 8.60. The summed E-state index contributed by atoms with van der Waals surface area (Å²) in [5.41, 5.74) is 1.89. The minimum Gasteiger partial charge on any atom is -0.394 e. The van der Waals surface area contributed by atoms with Crippen LogP contribution in [0.2, 0.25) is 0 Å². The molecule has 0 aliphatic carbocycles. The topological polar surface area (TPSA) is 67.6 Å². The van der Waals surface area contributed by atoms with Crippen molar-refractivity contribution in [3.63, 3.8) is 0 Å². The summed E-state index contributed by atoms with van der Waals surface area (Å²) in [6, 6.07) is 1.95. The maximum Gasteiger partial charge on any atom is 0.244 e. The number of ether oxygens (including phenoxy) is 1. The van der Waals surface area contributed by atoms with Crippen molar-refractivity contribution in [3.05, 3.63) is 17.5 Å². The molecule has 1 unspecified atom stereocenters. The van der Waals surface area contributed by atoms with E-state index in [0.29, 0.717) is 19.7 Å². The zero-order valence-electron chi connectivity index (χ0n) is 10.8. The first-order valence-electron chi connectivity index (χ1n) is 6.11. The molecule has 1 aromatic heterocycles. The summed E-state index contributed by atoms with van der Waals surface area (Å²) in [6.45, 7) is 5.55. The van der Waals surface area contributed by atoms with Gasteiger partial charge in [-0.1, -0.05) is 0 Å². The molecule has 0 radical (unpaired) electrons. The van der Waals surface area contributed by atoms with Gasteiger partial charge in [-0.3, -0.25) is 9.48 Å². The summed E-state index contributed by atoms with van der Waals surface area (Å²) in [7, 11) is 0. The number of morpholine rings is 1. The van der Waals surface area contributed by atoms with Gasteiger partial charge in [-0.05, 0) is 19.9 Å². The normalized spacial score (nSPS) is 20.2. The molecule has 1 aliphatic rings. The van der Waals surface area contributed by atoms with E-state index in [4.69, 9.17) is 9.84 Å². The maximum absolute atomic E-state index is 12.1. The van der Waals surface area contributed by atoms with E-state index in [1.54, 1.807) is 9.58 Å². The van der Waals surface area contributed by atoms with Crippen LogP contribution in [0.5, 0.6) is 0 Å². The van der Waals surface area contributed by atoms with Crippen LogP contribution in [-0.2, 0) is 16.1 Å². The van der Waals surface area contributed by atoms with Gasteiger partial charge in [-0.2, -0.15) is 5.10 Å². The van der Waals surface area contributed by atoms with Crippen LogP contribution in [0, 0.1) is 13.8 Å². The summed E-state index contributed by atoms with van der Waals surface area (Å²) in [5.74, 6) is 0.0166. The molecule has 0 saturated carbocycles. The molecule has 1 saturated heterocycles. The van der Waals surface area contributed by atoms with Gasteiger partial charge < -0.3 is 14.7 Å². The van der Waals surface area contributed by atoms with Crippen molar-refractivity contribution in [1.82, 2.24) is 14.7 Å². The van der Waals surface area contributed by atoms with E-state index in [-0.39, 0.29) is 25.2 Å². The third-order valence-corrected chi connectivity index (χ3v) is 3.08. The fourth-order valence-electron chi connectivity index (χ4n) is 2.12. The van der Waals surface area contributed by atoms with Gasteiger partial charge in [0.05, 0.1) is 25.0 Å². The van der Waals surface area contributed by atoms with Gasteiger partial charge in [0, 0.05) is 18.8 Å². The lowest BCUT2D eigenvalue weighted by atomic mass is 10.3. The van der Waals surface area contributed by atoms with Crippen molar-refractivity contribution in [1.29, 1.82) is 0 Å². The number of hydrogen-bond donors (Lipinski definition) is 1. The van der Waals surface area contributed by atoms with Crippen LogP contribution in [0.3, 0.4) is 0 Å². The van der Waals surface area contributed by atoms with Crippen molar-refractivity contribution in [2.45, 2.75) is 26.5 Å². The van der Waals surface area contributed by atoms with E-state index >= 15 is 0 Å². The van der Waals surface area contributed by atoms with E-state index in [1.165, 1.54) is 0 Å². The second-order valence-corrected chi connectivity index (χ2v) is 4.60. The molecular weight excluding hydrogens is 234 g/mol. The Morgan fingerprint density at radius 1 is 1.61 bits per heavy atom.